The van der Waals surface area contributed by atoms with E-state index in [1.807, 2.05) is 0 Å². The highest BCUT2D eigenvalue weighted by Gasteiger charge is 2.60. The lowest BCUT2D eigenvalue weighted by Crippen LogP contribution is -2.54. The van der Waals surface area contributed by atoms with Crippen LogP contribution >= 0.6 is 0 Å². The number of allylic oxidation sites excluding steroid dienone is 1. The number of ketones is 1. The van der Waals surface area contributed by atoms with Crippen molar-refractivity contribution >= 4 is 5.78 Å². The zero-order chi connectivity index (χ0) is 18.2. The minimum absolute atomic E-state index is 0.0540. The molecule has 0 spiro atoms. The lowest BCUT2D eigenvalue weighted by molar-refractivity contribution is -0.546. The van der Waals surface area contributed by atoms with Gasteiger partial charge in [-0.3, -0.25) is 14.9 Å². The molecule has 0 fully saturated rings. The van der Waals surface area contributed by atoms with Crippen LogP contribution in [0.5, 0.6) is 5.75 Å². The average molecular weight is 345 g/mol. The highest BCUT2D eigenvalue weighted by atomic mass is 19.4. The molecule has 0 aromatic heterocycles. The number of nitro groups is 1. The summed E-state index contributed by atoms with van der Waals surface area (Å²) in [4.78, 5) is 22.1. The first kappa shape index (κ1) is 17.8. The number of Topliss-reactive ketones (excluding diaryl/α,β-unsaturated/α-hetero) is 1. The molecule has 1 aromatic rings. The molecule has 3 atom stereocenters. The monoisotopic (exact) mass is 345 g/mol. The van der Waals surface area contributed by atoms with Crippen LogP contribution in [0.2, 0.25) is 0 Å². The minimum atomic E-state index is -5.02. The smallest absolute Gasteiger partial charge is 0.432 e. The van der Waals surface area contributed by atoms with Crippen LogP contribution in [-0.2, 0) is 4.79 Å². The third-order valence-corrected chi connectivity index (χ3v) is 3.81. The van der Waals surface area contributed by atoms with Crippen molar-refractivity contribution in [3.63, 3.8) is 0 Å². The number of aliphatic hydroxyl groups is 1. The second-order valence-electron chi connectivity index (χ2n) is 5.43. The zero-order valence-electron chi connectivity index (χ0n) is 12.7. The van der Waals surface area contributed by atoms with Crippen molar-refractivity contribution < 1.29 is 32.7 Å². The number of aliphatic hydroxyl groups excluding tert-OH is 1. The van der Waals surface area contributed by atoms with Gasteiger partial charge in [0.25, 0.3) is 12.1 Å². The van der Waals surface area contributed by atoms with Crippen LogP contribution in [0.25, 0.3) is 0 Å². The molecular formula is C15H14F3NO5. The number of rotatable bonds is 3. The van der Waals surface area contributed by atoms with Crippen molar-refractivity contribution in [1.29, 1.82) is 0 Å². The van der Waals surface area contributed by atoms with E-state index < -0.39 is 46.3 Å². The first-order valence-electron chi connectivity index (χ1n) is 6.92. The highest BCUT2D eigenvalue weighted by molar-refractivity contribution is 5.95. The van der Waals surface area contributed by atoms with Crippen molar-refractivity contribution in [3.05, 3.63) is 51.3 Å². The van der Waals surface area contributed by atoms with Gasteiger partial charge in [-0.1, -0.05) is 18.2 Å². The Morgan fingerprint density at radius 3 is 2.33 bits per heavy atom. The van der Waals surface area contributed by atoms with E-state index in [0.29, 0.717) is 0 Å². The summed E-state index contributed by atoms with van der Waals surface area (Å²) in [6.07, 6.45) is -7.75. The Labute approximate surface area is 134 Å². The standard InChI is InChI=1S/C15H14F3NO5/c1-7(20)11(8(2)21)12-9-5-3-4-6-10(9)24-14(15(16,17)18)13(12)19(22)23/h3-6,12-14,20H,1-2H3/b11-7-. The van der Waals surface area contributed by atoms with Gasteiger partial charge in [-0.2, -0.15) is 13.2 Å². The van der Waals surface area contributed by atoms with E-state index >= 15 is 0 Å². The second kappa shape index (κ2) is 6.14. The third kappa shape index (κ3) is 3.06. The maximum absolute atomic E-state index is 13.3. The van der Waals surface area contributed by atoms with Gasteiger partial charge in [0.2, 0.25) is 0 Å². The topological polar surface area (TPSA) is 89.7 Å². The van der Waals surface area contributed by atoms with Crippen molar-refractivity contribution in [2.75, 3.05) is 0 Å². The van der Waals surface area contributed by atoms with E-state index in [1.165, 1.54) is 24.3 Å². The van der Waals surface area contributed by atoms with E-state index in [9.17, 15) is 33.2 Å². The number of alkyl halides is 3. The van der Waals surface area contributed by atoms with Gasteiger partial charge in [0, 0.05) is 16.1 Å². The number of benzene rings is 1. The van der Waals surface area contributed by atoms with E-state index in [-0.39, 0.29) is 11.3 Å². The Morgan fingerprint density at radius 1 is 1.29 bits per heavy atom. The summed E-state index contributed by atoms with van der Waals surface area (Å²) in [5, 5.41) is 21.2. The lowest BCUT2D eigenvalue weighted by Gasteiger charge is -2.35. The molecule has 1 N–H and O–H groups in total. The predicted octanol–water partition coefficient (Wildman–Crippen LogP) is 3.16. The van der Waals surface area contributed by atoms with Crippen molar-refractivity contribution in [2.24, 2.45) is 0 Å². The molecule has 0 amide bonds. The number of hydrogen-bond acceptors (Lipinski definition) is 5. The Balaban J connectivity index is 2.77. The van der Waals surface area contributed by atoms with Crippen molar-refractivity contribution in [1.82, 2.24) is 0 Å². The number of para-hydroxylation sites is 1. The molecule has 0 saturated carbocycles. The largest absolute Gasteiger partial charge is 0.512 e. The fourth-order valence-corrected chi connectivity index (χ4v) is 2.93. The summed E-state index contributed by atoms with van der Waals surface area (Å²) in [6.45, 7) is 2.14. The Hall–Kier alpha value is -2.58. The van der Waals surface area contributed by atoms with Gasteiger partial charge in [0.05, 0.1) is 11.7 Å². The van der Waals surface area contributed by atoms with Gasteiger partial charge in [-0.05, 0) is 19.9 Å². The molecule has 2 rings (SSSR count). The molecule has 1 aliphatic heterocycles. The average Bonchev–Trinajstić information content (AvgIpc) is 2.44. The molecule has 0 saturated heterocycles. The maximum atomic E-state index is 13.3. The van der Waals surface area contributed by atoms with Crippen LogP contribution in [0.1, 0.15) is 25.3 Å². The van der Waals surface area contributed by atoms with Gasteiger partial charge in [-0.15, -0.1) is 0 Å². The Bertz CT molecular complexity index is 709. The number of fused-ring (bicyclic) bond motifs is 1. The number of ether oxygens (including phenoxy) is 1. The summed E-state index contributed by atoms with van der Waals surface area (Å²) >= 11 is 0. The lowest BCUT2D eigenvalue weighted by atomic mass is 9.78. The first-order chi connectivity index (χ1) is 11.1. The van der Waals surface area contributed by atoms with Gasteiger partial charge >= 0.3 is 6.18 Å². The number of carbonyl (C=O) groups is 1. The van der Waals surface area contributed by atoms with E-state index in [1.54, 1.807) is 0 Å². The molecule has 1 aromatic carbocycles. The van der Waals surface area contributed by atoms with Crippen molar-refractivity contribution in [3.8, 4) is 5.75 Å². The highest BCUT2D eigenvalue weighted by Crippen LogP contribution is 2.46. The van der Waals surface area contributed by atoms with Gasteiger partial charge in [0.1, 0.15) is 5.75 Å². The van der Waals surface area contributed by atoms with E-state index in [2.05, 4.69) is 0 Å². The predicted molar refractivity (Wildman–Crippen MR) is 76.4 cm³/mol. The molecule has 1 heterocycles. The third-order valence-electron chi connectivity index (χ3n) is 3.81. The number of hydrogen-bond donors (Lipinski definition) is 1. The van der Waals surface area contributed by atoms with Crippen LogP contribution in [0.15, 0.2) is 35.6 Å². The van der Waals surface area contributed by atoms with Crippen LogP contribution in [0.4, 0.5) is 13.2 Å². The fraction of sp³-hybridized carbons (Fsp3) is 0.400. The molecule has 0 bridgehead atoms. The molecular weight excluding hydrogens is 331 g/mol. The van der Waals surface area contributed by atoms with Crippen LogP contribution < -0.4 is 4.74 Å². The number of carbonyl (C=O) groups excluding carboxylic acids is 1. The molecule has 1 aliphatic rings. The van der Waals surface area contributed by atoms with Gasteiger partial charge in [-0.25, -0.2) is 0 Å². The molecule has 6 nitrogen and oxygen atoms in total. The molecule has 130 valence electrons. The normalized spacial score (nSPS) is 24.5. The Morgan fingerprint density at radius 2 is 1.88 bits per heavy atom. The minimum Gasteiger partial charge on any atom is -0.512 e. The second-order valence-corrected chi connectivity index (χ2v) is 5.43. The Kier molecular flexibility index (Phi) is 4.54. The summed E-state index contributed by atoms with van der Waals surface area (Å²) < 4.78 is 44.7. The van der Waals surface area contributed by atoms with Crippen LogP contribution in [0.3, 0.4) is 0 Å². The molecule has 3 unspecified atom stereocenters. The summed E-state index contributed by atoms with van der Waals surface area (Å²) in [7, 11) is 0. The molecule has 24 heavy (non-hydrogen) atoms. The quantitative estimate of drug-likeness (QED) is 0.393. The van der Waals surface area contributed by atoms with Gasteiger partial charge in [0.15, 0.2) is 5.78 Å². The van der Waals surface area contributed by atoms with Crippen LogP contribution in [-0.4, -0.2) is 34.1 Å². The van der Waals surface area contributed by atoms with Crippen molar-refractivity contribution in [2.45, 2.75) is 38.1 Å². The number of nitrogens with zero attached hydrogens (tertiary/aromatic N) is 1. The molecule has 9 heteroatoms. The van der Waals surface area contributed by atoms with E-state index in [0.717, 1.165) is 13.8 Å². The SMILES string of the molecule is CC(=O)/C(=C(\C)O)C1c2ccccc2OC(C(F)(F)F)C1[N+](=O)[O-]. The maximum Gasteiger partial charge on any atom is 0.432 e. The summed E-state index contributed by atoms with van der Waals surface area (Å²) in [6, 6.07) is 3.17. The summed E-state index contributed by atoms with van der Waals surface area (Å²) in [5.74, 6) is -3.08. The fourth-order valence-electron chi connectivity index (χ4n) is 2.93. The molecule has 0 aliphatic carbocycles. The number of halogens is 3. The van der Waals surface area contributed by atoms with Crippen LogP contribution in [0, 0.1) is 10.1 Å². The van der Waals surface area contributed by atoms with E-state index in [4.69, 9.17) is 4.74 Å². The summed E-state index contributed by atoms with van der Waals surface area (Å²) in [5.41, 5.74) is -0.375. The zero-order valence-corrected chi connectivity index (χ0v) is 12.7. The molecule has 0 radical (unpaired) electrons. The van der Waals surface area contributed by atoms with Gasteiger partial charge < -0.3 is 9.84 Å². The first-order valence-corrected chi connectivity index (χ1v) is 6.92.